The number of ether oxygens (including phenoxy) is 1. The molecule has 7 heteroatoms. The Balaban J connectivity index is 2.30. The van der Waals surface area contributed by atoms with E-state index in [2.05, 4.69) is 0 Å². The fourth-order valence-electron chi connectivity index (χ4n) is 2.79. The summed E-state index contributed by atoms with van der Waals surface area (Å²) in [6.07, 6.45) is 1.45. The van der Waals surface area contributed by atoms with Crippen LogP contribution < -0.4 is 5.73 Å². The van der Waals surface area contributed by atoms with Crippen molar-refractivity contribution >= 4 is 17.6 Å². The second-order valence-corrected chi connectivity index (χ2v) is 5.25. The summed E-state index contributed by atoms with van der Waals surface area (Å²) in [6.45, 7) is 0.497. The van der Waals surface area contributed by atoms with Crippen LogP contribution in [0.2, 0.25) is 0 Å². The lowest BCUT2D eigenvalue weighted by atomic mass is 10.1. The Morgan fingerprint density at radius 1 is 1.43 bits per heavy atom. The van der Waals surface area contributed by atoms with Gasteiger partial charge in [0.25, 0.3) is 5.91 Å². The van der Waals surface area contributed by atoms with Crippen LogP contribution in [0.3, 0.4) is 0 Å². The van der Waals surface area contributed by atoms with E-state index in [0.29, 0.717) is 17.8 Å². The summed E-state index contributed by atoms with van der Waals surface area (Å²) >= 11 is 0. The van der Waals surface area contributed by atoms with Crippen molar-refractivity contribution in [1.29, 1.82) is 5.26 Å². The molecule has 0 bridgehead atoms. The zero-order valence-electron chi connectivity index (χ0n) is 12.7. The first kappa shape index (κ1) is 14.7. The summed E-state index contributed by atoms with van der Waals surface area (Å²) in [5.74, 6) is -0.808. The number of fused-ring (bicyclic) bond motifs is 1. The van der Waals surface area contributed by atoms with E-state index in [1.807, 2.05) is 12.1 Å². The van der Waals surface area contributed by atoms with Crippen LogP contribution in [0.5, 0.6) is 0 Å². The molecule has 7 nitrogen and oxygen atoms in total. The molecule has 3 rings (SSSR count). The van der Waals surface area contributed by atoms with Gasteiger partial charge in [-0.05, 0) is 11.6 Å². The first-order chi connectivity index (χ1) is 11.0. The van der Waals surface area contributed by atoms with Crippen molar-refractivity contribution < 1.29 is 14.3 Å². The number of nitrogens with two attached hydrogens (primary N) is 1. The van der Waals surface area contributed by atoms with E-state index in [9.17, 15) is 14.9 Å². The molecule has 1 aromatic carbocycles. The molecule has 0 saturated carbocycles. The number of carbonyl (C=O) groups excluding carboxylic acids is 2. The maximum atomic E-state index is 12.4. The van der Waals surface area contributed by atoms with Gasteiger partial charge in [-0.15, -0.1) is 0 Å². The number of hydrogen-bond acceptors (Lipinski definition) is 5. The van der Waals surface area contributed by atoms with Gasteiger partial charge in [0, 0.05) is 19.8 Å². The van der Waals surface area contributed by atoms with Gasteiger partial charge in [-0.1, -0.05) is 12.1 Å². The Morgan fingerprint density at radius 2 is 2.17 bits per heavy atom. The highest BCUT2D eigenvalue weighted by atomic mass is 16.5. The Bertz CT molecular complexity index is 876. The highest BCUT2D eigenvalue weighted by Crippen LogP contribution is 2.31. The Hall–Kier alpha value is -3.27. The van der Waals surface area contributed by atoms with E-state index < -0.39 is 5.97 Å². The maximum Gasteiger partial charge on any atom is 0.357 e. The fourth-order valence-corrected chi connectivity index (χ4v) is 2.79. The summed E-state index contributed by atoms with van der Waals surface area (Å²) in [7, 11) is 2.94. The summed E-state index contributed by atoms with van der Waals surface area (Å²) in [5.41, 5.74) is 7.99. The number of benzene rings is 1. The molecular formula is C16H14N4O3. The van der Waals surface area contributed by atoms with Crippen LogP contribution in [0.4, 0.5) is 5.69 Å². The molecule has 2 heterocycles. The standard InChI is InChI=1S/C16H14N4O3/c1-19-7-9-4-3-5-11(12(9)15(19)21)20-8-10(6-17)13(18)14(20)16(22)23-2/h3-5,8H,7,18H2,1-2H3. The van der Waals surface area contributed by atoms with Crippen molar-refractivity contribution in [1.82, 2.24) is 9.47 Å². The van der Waals surface area contributed by atoms with E-state index in [4.69, 9.17) is 10.5 Å². The molecule has 1 aliphatic rings. The third kappa shape index (κ3) is 2.04. The van der Waals surface area contributed by atoms with Crippen molar-refractivity contribution in [3.63, 3.8) is 0 Å². The predicted octanol–water partition coefficient (Wildman–Crippen LogP) is 1.30. The lowest BCUT2D eigenvalue weighted by Gasteiger charge is -2.12. The van der Waals surface area contributed by atoms with Gasteiger partial charge in [0.1, 0.15) is 6.07 Å². The van der Waals surface area contributed by atoms with Gasteiger partial charge >= 0.3 is 5.97 Å². The minimum absolute atomic E-state index is 0.0377. The Kier molecular flexibility index (Phi) is 3.30. The number of nitrogens with zero attached hydrogens (tertiary/aromatic N) is 3. The maximum absolute atomic E-state index is 12.4. The normalized spacial score (nSPS) is 12.9. The van der Waals surface area contributed by atoms with Crippen molar-refractivity contribution in [2.75, 3.05) is 19.9 Å². The Morgan fingerprint density at radius 3 is 2.83 bits per heavy atom. The minimum Gasteiger partial charge on any atom is -0.464 e. The largest absolute Gasteiger partial charge is 0.464 e. The second-order valence-electron chi connectivity index (χ2n) is 5.25. The van der Waals surface area contributed by atoms with E-state index in [1.54, 1.807) is 24.1 Å². The van der Waals surface area contributed by atoms with Crippen LogP contribution in [0.1, 0.15) is 32.0 Å². The Labute approximate surface area is 132 Å². The molecule has 0 unspecified atom stereocenters. The minimum atomic E-state index is -0.666. The van der Waals surface area contributed by atoms with Gasteiger partial charge in [0.05, 0.1) is 29.6 Å². The van der Waals surface area contributed by atoms with E-state index in [1.165, 1.54) is 17.9 Å². The molecule has 0 saturated heterocycles. The smallest absolute Gasteiger partial charge is 0.357 e. The van der Waals surface area contributed by atoms with E-state index in [-0.39, 0.29) is 22.9 Å². The van der Waals surface area contributed by atoms with Gasteiger partial charge in [-0.25, -0.2) is 4.79 Å². The van der Waals surface area contributed by atoms with Gasteiger partial charge in [-0.3, -0.25) is 4.79 Å². The molecule has 1 aliphatic heterocycles. The third-order valence-electron chi connectivity index (χ3n) is 3.90. The molecule has 2 N–H and O–H groups in total. The van der Waals surface area contributed by atoms with Gasteiger partial charge < -0.3 is 19.9 Å². The number of anilines is 1. The molecule has 1 aromatic heterocycles. The topological polar surface area (TPSA) is 101 Å². The van der Waals surface area contributed by atoms with Crippen molar-refractivity contribution in [3.05, 3.63) is 46.8 Å². The highest BCUT2D eigenvalue weighted by molar-refractivity contribution is 6.03. The zero-order chi connectivity index (χ0) is 16.7. The average Bonchev–Trinajstić information content (AvgIpc) is 3.04. The lowest BCUT2D eigenvalue weighted by molar-refractivity contribution is 0.0592. The molecule has 0 fully saturated rings. The second kappa shape index (κ2) is 5.18. The number of hydrogen-bond donors (Lipinski definition) is 1. The van der Waals surface area contributed by atoms with Gasteiger partial charge in [0.2, 0.25) is 0 Å². The number of amides is 1. The number of esters is 1. The number of methoxy groups -OCH3 is 1. The first-order valence-corrected chi connectivity index (χ1v) is 6.86. The monoisotopic (exact) mass is 310 g/mol. The third-order valence-corrected chi connectivity index (χ3v) is 3.90. The predicted molar refractivity (Wildman–Crippen MR) is 82.0 cm³/mol. The molecular weight excluding hydrogens is 296 g/mol. The number of aromatic nitrogens is 1. The zero-order valence-corrected chi connectivity index (χ0v) is 12.7. The van der Waals surface area contributed by atoms with Crippen LogP contribution >= 0.6 is 0 Å². The highest BCUT2D eigenvalue weighted by Gasteiger charge is 2.30. The molecule has 0 radical (unpaired) electrons. The SMILES string of the molecule is COC(=O)c1c(N)c(C#N)cn1-c1cccc2c1C(=O)N(C)C2. The number of carbonyl (C=O) groups is 2. The van der Waals surface area contributed by atoms with Crippen LogP contribution in [0.15, 0.2) is 24.4 Å². The van der Waals surface area contributed by atoms with Crippen LogP contribution in [0.25, 0.3) is 5.69 Å². The number of rotatable bonds is 2. The van der Waals surface area contributed by atoms with Crippen LogP contribution in [-0.4, -0.2) is 35.5 Å². The van der Waals surface area contributed by atoms with Crippen molar-refractivity contribution in [2.45, 2.75) is 6.54 Å². The number of nitriles is 1. The summed E-state index contributed by atoms with van der Waals surface area (Å²) < 4.78 is 6.21. The first-order valence-electron chi connectivity index (χ1n) is 6.86. The van der Waals surface area contributed by atoms with Crippen LogP contribution in [0, 0.1) is 11.3 Å². The van der Waals surface area contributed by atoms with E-state index in [0.717, 1.165) is 5.56 Å². The number of nitrogen functional groups attached to an aromatic ring is 1. The van der Waals surface area contributed by atoms with Gasteiger partial charge in [-0.2, -0.15) is 5.26 Å². The quantitative estimate of drug-likeness (QED) is 0.843. The van der Waals surface area contributed by atoms with E-state index >= 15 is 0 Å². The lowest BCUT2D eigenvalue weighted by Crippen LogP contribution is -2.19. The van der Waals surface area contributed by atoms with Crippen molar-refractivity contribution in [2.24, 2.45) is 0 Å². The average molecular weight is 310 g/mol. The molecule has 0 aliphatic carbocycles. The molecule has 0 spiro atoms. The molecule has 0 atom stereocenters. The molecule has 23 heavy (non-hydrogen) atoms. The molecule has 1 amide bonds. The summed E-state index contributed by atoms with van der Waals surface area (Å²) in [4.78, 5) is 26.1. The summed E-state index contributed by atoms with van der Waals surface area (Å²) in [5, 5.41) is 9.17. The molecule has 2 aromatic rings. The van der Waals surface area contributed by atoms with Crippen molar-refractivity contribution in [3.8, 4) is 11.8 Å². The summed E-state index contributed by atoms with van der Waals surface area (Å²) in [6, 6.07) is 7.31. The fraction of sp³-hybridized carbons (Fsp3) is 0.188. The van der Waals surface area contributed by atoms with Gasteiger partial charge in [0.15, 0.2) is 5.69 Å². The van der Waals surface area contributed by atoms with Crippen LogP contribution in [-0.2, 0) is 11.3 Å². The molecule has 116 valence electrons.